The Balaban J connectivity index is 2.30. The van der Waals surface area contributed by atoms with E-state index in [4.69, 9.17) is 0 Å². The van der Waals surface area contributed by atoms with Gasteiger partial charge in [-0.1, -0.05) is 44.2 Å². The van der Waals surface area contributed by atoms with Gasteiger partial charge in [-0.25, -0.2) is 0 Å². The molecule has 20 heavy (non-hydrogen) atoms. The van der Waals surface area contributed by atoms with E-state index in [0.29, 0.717) is 23.6 Å². The van der Waals surface area contributed by atoms with Crippen LogP contribution in [0.25, 0.3) is 11.1 Å². The second-order valence-electron chi connectivity index (χ2n) is 5.10. The lowest BCUT2D eigenvalue weighted by molar-refractivity contribution is 0.0948. The number of H-pyrrole nitrogens is 1. The van der Waals surface area contributed by atoms with E-state index in [-0.39, 0.29) is 11.5 Å². The lowest BCUT2D eigenvalue weighted by Gasteiger charge is -2.08. The maximum atomic E-state index is 12.0. The molecule has 104 valence electrons. The summed E-state index contributed by atoms with van der Waals surface area (Å²) in [6.45, 7) is 4.67. The van der Waals surface area contributed by atoms with Crippen molar-refractivity contribution in [2.45, 2.75) is 13.8 Å². The molecule has 0 saturated carbocycles. The quantitative estimate of drug-likeness (QED) is 0.896. The number of pyridine rings is 1. The van der Waals surface area contributed by atoms with E-state index in [2.05, 4.69) is 10.3 Å². The highest BCUT2D eigenvalue weighted by atomic mass is 16.1. The van der Waals surface area contributed by atoms with E-state index < -0.39 is 0 Å². The van der Waals surface area contributed by atoms with E-state index in [1.54, 1.807) is 6.07 Å². The number of amides is 1. The summed E-state index contributed by atoms with van der Waals surface area (Å²) in [5, 5.41) is 2.84. The van der Waals surface area contributed by atoms with Crippen molar-refractivity contribution >= 4 is 5.91 Å². The van der Waals surface area contributed by atoms with Gasteiger partial charge in [-0.15, -0.1) is 0 Å². The topological polar surface area (TPSA) is 62.0 Å². The Morgan fingerprint density at radius 1 is 1.25 bits per heavy atom. The molecule has 4 heteroatoms. The van der Waals surface area contributed by atoms with Gasteiger partial charge in [-0.3, -0.25) is 9.59 Å². The van der Waals surface area contributed by atoms with E-state index in [1.165, 1.54) is 6.20 Å². The number of aromatic nitrogens is 1. The highest BCUT2D eigenvalue weighted by molar-refractivity contribution is 5.95. The van der Waals surface area contributed by atoms with Crippen LogP contribution in [0.3, 0.4) is 0 Å². The third-order valence-electron chi connectivity index (χ3n) is 2.92. The van der Waals surface area contributed by atoms with Crippen molar-refractivity contribution in [1.82, 2.24) is 10.3 Å². The average Bonchev–Trinajstić information content (AvgIpc) is 2.46. The maximum Gasteiger partial charge on any atom is 0.255 e. The van der Waals surface area contributed by atoms with Crippen LogP contribution in [0.1, 0.15) is 24.2 Å². The second-order valence-corrected chi connectivity index (χ2v) is 5.10. The Labute approximate surface area is 117 Å². The normalized spacial score (nSPS) is 10.6. The summed E-state index contributed by atoms with van der Waals surface area (Å²) < 4.78 is 0. The highest BCUT2D eigenvalue weighted by Gasteiger charge is 2.10. The second kappa shape index (κ2) is 6.19. The Morgan fingerprint density at radius 2 is 1.95 bits per heavy atom. The number of hydrogen-bond donors (Lipinski definition) is 2. The zero-order valence-electron chi connectivity index (χ0n) is 11.6. The van der Waals surface area contributed by atoms with Crippen LogP contribution in [0.2, 0.25) is 0 Å². The molecule has 1 aromatic carbocycles. The van der Waals surface area contributed by atoms with Gasteiger partial charge in [0.25, 0.3) is 11.5 Å². The first-order valence-electron chi connectivity index (χ1n) is 6.64. The zero-order chi connectivity index (χ0) is 14.5. The fourth-order valence-corrected chi connectivity index (χ4v) is 1.85. The molecule has 0 atom stereocenters. The van der Waals surface area contributed by atoms with E-state index in [9.17, 15) is 9.59 Å². The summed E-state index contributed by atoms with van der Waals surface area (Å²) in [5.74, 6) is 0.211. The van der Waals surface area contributed by atoms with Crippen LogP contribution in [0, 0.1) is 5.92 Å². The minimum absolute atomic E-state index is 0.174. The first-order valence-corrected chi connectivity index (χ1v) is 6.64. The number of aromatic amines is 1. The summed E-state index contributed by atoms with van der Waals surface area (Å²) in [6, 6.07) is 10.9. The molecule has 1 aromatic heterocycles. The Hall–Kier alpha value is -2.36. The smallest absolute Gasteiger partial charge is 0.255 e. The number of carbonyl (C=O) groups is 1. The van der Waals surface area contributed by atoms with Crippen molar-refractivity contribution in [1.29, 1.82) is 0 Å². The SMILES string of the molecule is CC(C)CNC(=O)c1c[nH]c(=O)c(-c2ccccc2)c1. The van der Waals surface area contributed by atoms with Crippen LogP contribution in [-0.4, -0.2) is 17.4 Å². The standard InChI is InChI=1S/C16H18N2O2/c1-11(2)9-17-15(19)13-8-14(16(20)18-10-13)12-6-4-3-5-7-12/h3-8,10-11H,9H2,1-2H3,(H,17,19)(H,18,20). The number of benzene rings is 1. The van der Waals surface area contributed by atoms with Crippen LogP contribution >= 0.6 is 0 Å². The summed E-state index contributed by atoms with van der Waals surface area (Å²) in [5.41, 5.74) is 1.57. The molecule has 0 aliphatic carbocycles. The predicted octanol–water partition coefficient (Wildman–Crippen LogP) is 2.43. The zero-order valence-corrected chi connectivity index (χ0v) is 11.6. The number of hydrogen-bond acceptors (Lipinski definition) is 2. The third-order valence-corrected chi connectivity index (χ3v) is 2.92. The minimum atomic E-state index is -0.198. The van der Waals surface area contributed by atoms with Crippen molar-refractivity contribution in [3.05, 3.63) is 58.5 Å². The lowest BCUT2D eigenvalue weighted by Crippen LogP contribution is -2.28. The van der Waals surface area contributed by atoms with Crippen LogP contribution in [0.4, 0.5) is 0 Å². The van der Waals surface area contributed by atoms with E-state index >= 15 is 0 Å². The lowest BCUT2D eigenvalue weighted by atomic mass is 10.1. The van der Waals surface area contributed by atoms with Crippen molar-refractivity contribution in [2.24, 2.45) is 5.92 Å². The van der Waals surface area contributed by atoms with Gasteiger partial charge in [-0.2, -0.15) is 0 Å². The van der Waals surface area contributed by atoms with E-state index in [0.717, 1.165) is 5.56 Å². The molecule has 1 amide bonds. The molecule has 0 radical (unpaired) electrons. The van der Waals surface area contributed by atoms with Gasteiger partial charge in [0, 0.05) is 18.3 Å². The third kappa shape index (κ3) is 3.35. The first kappa shape index (κ1) is 14.1. The average molecular weight is 270 g/mol. The molecule has 2 rings (SSSR count). The molecular weight excluding hydrogens is 252 g/mol. The number of nitrogens with one attached hydrogen (secondary N) is 2. The van der Waals surface area contributed by atoms with Crippen LogP contribution < -0.4 is 10.9 Å². The maximum absolute atomic E-state index is 12.0. The van der Waals surface area contributed by atoms with E-state index in [1.807, 2.05) is 44.2 Å². The number of rotatable bonds is 4. The monoisotopic (exact) mass is 270 g/mol. The molecule has 0 aliphatic heterocycles. The van der Waals surface area contributed by atoms with Gasteiger partial charge in [0.15, 0.2) is 0 Å². The highest BCUT2D eigenvalue weighted by Crippen LogP contribution is 2.15. The summed E-state index contributed by atoms with van der Waals surface area (Å²) >= 11 is 0. The first-order chi connectivity index (χ1) is 9.58. The molecule has 0 fully saturated rings. The summed E-state index contributed by atoms with van der Waals surface area (Å²) in [6.07, 6.45) is 1.45. The Kier molecular flexibility index (Phi) is 4.35. The van der Waals surface area contributed by atoms with Crippen LogP contribution in [0.15, 0.2) is 47.4 Å². The molecule has 0 unspecified atom stereocenters. The van der Waals surface area contributed by atoms with Crippen molar-refractivity contribution in [2.75, 3.05) is 6.54 Å². The molecule has 2 N–H and O–H groups in total. The van der Waals surface area contributed by atoms with Gasteiger partial charge in [0.2, 0.25) is 0 Å². The summed E-state index contributed by atoms with van der Waals surface area (Å²) in [7, 11) is 0. The van der Waals surface area contributed by atoms with Crippen LogP contribution in [-0.2, 0) is 0 Å². The van der Waals surface area contributed by atoms with Gasteiger partial charge >= 0.3 is 0 Å². The van der Waals surface area contributed by atoms with Gasteiger partial charge < -0.3 is 10.3 Å². The van der Waals surface area contributed by atoms with Gasteiger partial charge in [0.1, 0.15) is 0 Å². The predicted molar refractivity (Wildman–Crippen MR) is 79.7 cm³/mol. The van der Waals surface area contributed by atoms with Gasteiger partial charge in [-0.05, 0) is 17.5 Å². The Morgan fingerprint density at radius 3 is 2.60 bits per heavy atom. The molecule has 2 aromatic rings. The molecule has 4 nitrogen and oxygen atoms in total. The fourth-order valence-electron chi connectivity index (χ4n) is 1.85. The molecule has 0 bridgehead atoms. The summed E-state index contributed by atoms with van der Waals surface area (Å²) in [4.78, 5) is 26.5. The minimum Gasteiger partial charge on any atom is -0.352 e. The molecule has 1 heterocycles. The molecule has 0 aliphatic rings. The molecular formula is C16H18N2O2. The van der Waals surface area contributed by atoms with Crippen molar-refractivity contribution in [3.63, 3.8) is 0 Å². The van der Waals surface area contributed by atoms with Crippen LogP contribution in [0.5, 0.6) is 0 Å². The largest absolute Gasteiger partial charge is 0.352 e. The Bertz CT molecular complexity index is 645. The van der Waals surface area contributed by atoms with Crippen molar-refractivity contribution in [3.8, 4) is 11.1 Å². The molecule has 0 saturated heterocycles. The molecule has 0 spiro atoms. The van der Waals surface area contributed by atoms with Crippen molar-refractivity contribution < 1.29 is 4.79 Å². The van der Waals surface area contributed by atoms with Gasteiger partial charge in [0.05, 0.1) is 5.56 Å². The number of carbonyl (C=O) groups excluding carboxylic acids is 1. The fraction of sp³-hybridized carbons (Fsp3) is 0.250.